The van der Waals surface area contributed by atoms with Gasteiger partial charge in [-0.3, -0.25) is 9.52 Å². The summed E-state index contributed by atoms with van der Waals surface area (Å²) in [5.41, 5.74) is 1.51. The lowest BCUT2D eigenvalue weighted by Gasteiger charge is -2.12. The molecular formula is C24H21FN4O4S. The standard InChI is InChI=1S/C24H21FN4O4S/c1-33-23-5-3-2-4-21(23)28-34(31,32)19-9-7-18(8-10-19)24(30)27-15-17-6-11-22(20(25)14-17)29-13-12-26-16-29/h2-14,16,28H,15H2,1H3,(H,27,30). The van der Waals surface area contributed by atoms with Crippen molar-refractivity contribution in [3.8, 4) is 11.4 Å². The number of aromatic nitrogens is 2. The SMILES string of the molecule is COc1ccccc1NS(=O)(=O)c1ccc(C(=O)NCc2ccc(-n3ccnc3)c(F)c2)cc1. The molecule has 1 heterocycles. The van der Waals surface area contributed by atoms with Gasteiger partial charge in [-0.2, -0.15) is 0 Å². The minimum Gasteiger partial charge on any atom is -0.495 e. The molecule has 3 aromatic carbocycles. The van der Waals surface area contributed by atoms with Crippen molar-refractivity contribution < 1.29 is 22.3 Å². The van der Waals surface area contributed by atoms with Crippen molar-refractivity contribution in [2.45, 2.75) is 11.4 Å². The fourth-order valence-electron chi connectivity index (χ4n) is 3.27. The Morgan fingerprint density at radius 2 is 1.85 bits per heavy atom. The van der Waals surface area contributed by atoms with Crippen LogP contribution in [0.15, 0.2) is 90.3 Å². The maximum Gasteiger partial charge on any atom is 0.262 e. The van der Waals surface area contributed by atoms with Crippen molar-refractivity contribution in [2.75, 3.05) is 11.8 Å². The predicted octanol–water partition coefficient (Wildman–Crippen LogP) is 3.75. The van der Waals surface area contributed by atoms with Crippen molar-refractivity contribution in [2.24, 2.45) is 0 Å². The van der Waals surface area contributed by atoms with E-state index in [0.29, 0.717) is 22.7 Å². The molecule has 0 aliphatic carbocycles. The summed E-state index contributed by atoms with van der Waals surface area (Å²) < 4.78 is 49.0. The highest BCUT2D eigenvalue weighted by atomic mass is 32.2. The van der Waals surface area contributed by atoms with Crippen LogP contribution in [0.1, 0.15) is 15.9 Å². The van der Waals surface area contributed by atoms with Crippen LogP contribution in [0, 0.1) is 5.82 Å². The monoisotopic (exact) mass is 480 g/mol. The molecule has 1 aromatic heterocycles. The molecule has 0 bridgehead atoms. The number of carbonyl (C=O) groups is 1. The normalized spacial score (nSPS) is 11.1. The van der Waals surface area contributed by atoms with Gasteiger partial charge in [0.05, 0.1) is 29.7 Å². The zero-order chi connectivity index (χ0) is 24.1. The summed E-state index contributed by atoms with van der Waals surface area (Å²) in [5.74, 6) is -0.473. The first kappa shape index (κ1) is 23.0. The van der Waals surface area contributed by atoms with Crippen LogP contribution in [0.4, 0.5) is 10.1 Å². The third-order valence-corrected chi connectivity index (χ3v) is 6.41. The molecule has 4 rings (SSSR count). The summed E-state index contributed by atoms with van der Waals surface area (Å²) in [4.78, 5) is 16.4. The van der Waals surface area contributed by atoms with Gasteiger partial charge in [-0.15, -0.1) is 0 Å². The number of rotatable bonds is 8. The minimum absolute atomic E-state index is 0.00730. The molecule has 1 amide bonds. The first-order chi connectivity index (χ1) is 16.4. The number of halogens is 1. The van der Waals surface area contributed by atoms with Crippen molar-refractivity contribution in [3.63, 3.8) is 0 Å². The Kier molecular flexibility index (Phi) is 6.60. The molecule has 4 aromatic rings. The number of nitrogens with one attached hydrogen (secondary N) is 2. The molecule has 0 spiro atoms. The molecule has 174 valence electrons. The summed E-state index contributed by atoms with van der Waals surface area (Å²) in [6.45, 7) is 0.107. The van der Waals surface area contributed by atoms with Crippen LogP contribution in [0.3, 0.4) is 0 Å². The number of hydrogen-bond acceptors (Lipinski definition) is 5. The topological polar surface area (TPSA) is 102 Å². The number of carbonyl (C=O) groups excluding carboxylic acids is 1. The Balaban J connectivity index is 1.41. The Morgan fingerprint density at radius 3 is 2.53 bits per heavy atom. The van der Waals surface area contributed by atoms with Crippen molar-refractivity contribution >= 4 is 21.6 Å². The van der Waals surface area contributed by atoms with Crippen molar-refractivity contribution in [1.29, 1.82) is 0 Å². The van der Waals surface area contributed by atoms with Crippen LogP contribution in [0.2, 0.25) is 0 Å². The highest BCUT2D eigenvalue weighted by Crippen LogP contribution is 2.26. The molecule has 10 heteroatoms. The molecule has 0 saturated carbocycles. The summed E-state index contributed by atoms with van der Waals surface area (Å²) in [5, 5.41) is 2.70. The molecule has 34 heavy (non-hydrogen) atoms. The van der Waals surface area contributed by atoms with Crippen LogP contribution >= 0.6 is 0 Å². The molecule has 8 nitrogen and oxygen atoms in total. The van der Waals surface area contributed by atoms with Gasteiger partial charge in [0.1, 0.15) is 11.6 Å². The molecule has 0 aliphatic heterocycles. The van der Waals surface area contributed by atoms with Gasteiger partial charge in [0, 0.05) is 24.5 Å². The summed E-state index contributed by atoms with van der Waals surface area (Å²) in [7, 11) is -2.43. The number of nitrogens with zero attached hydrogens (tertiary/aromatic N) is 2. The molecule has 0 saturated heterocycles. The first-order valence-electron chi connectivity index (χ1n) is 10.2. The van der Waals surface area contributed by atoms with Crippen LogP contribution < -0.4 is 14.8 Å². The number of methoxy groups -OCH3 is 1. The maximum atomic E-state index is 14.4. The Morgan fingerprint density at radius 1 is 1.09 bits per heavy atom. The number of sulfonamides is 1. The fourth-order valence-corrected chi connectivity index (χ4v) is 4.34. The second kappa shape index (κ2) is 9.75. The zero-order valence-corrected chi connectivity index (χ0v) is 18.9. The summed E-state index contributed by atoms with van der Waals surface area (Å²) >= 11 is 0. The van der Waals surface area contributed by atoms with Gasteiger partial charge in [-0.1, -0.05) is 18.2 Å². The number of hydrogen-bond donors (Lipinski definition) is 2. The lowest BCUT2D eigenvalue weighted by Crippen LogP contribution is -2.23. The van der Waals surface area contributed by atoms with Gasteiger partial charge in [-0.25, -0.2) is 17.8 Å². The van der Waals surface area contributed by atoms with Crippen LogP contribution in [0.25, 0.3) is 5.69 Å². The second-order valence-electron chi connectivity index (χ2n) is 7.27. The predicted molar refractivity (Wildman–Crippen MR) is 125 cm³/mol. The number of anilines is 1. The lowest BCUT2D eigenvalue weighted by atomic mass is 10.1. The average molecular weight is 481 g/mol. The van der Waals surface area contributed by atoms with Gasteiger partial charge in [-0.05, 0) is 54.1 Å². The number of imidazole rings is 1. The molecular weight excluding hydrogens is 459 g/mol. The highest BCUT2D eigenvalue weighted by molar-refractivity contribution is 7.92. The Labute approximate surface area is 196 Å². The van der Waals surface area contributed by atoms with E-state index in [4.69, 9.17) is 4.74 Å². The van der Waals surface area contributed by atoms with E-state index < -0.39 is 21.7 Å². The number of para-hydroxylation sites is 2. The third kappa shape index (κ3) is 5.07. The quantitative estimate of drug-likeness (QED) is 0.400. The molecule has 0 aliphatic rings. The zero-order valence-electron chi connectivity index (χ0n) is 18.1. The lowest BCUT2D eigenvalue weighted by molar-refractivity contribution is 0.0950. The molecule has 0 unspecified atom stereocenters. The van der Waals surface area contributed by atoms with Gasteiger partial charge in [0.15, 0.2) is 0 Å². The Hall–Kier alpha value is -4.18. The van der Waals surface area contributed by atoms with E-state index >= 15 is 0 Å². The summed E-state index contributed by atoms with van der Waals surface area (Å²) in [6.07, 6.45) is 4.68. The molecule has 2 N–H and O–H groups in total. The smallest absolute Gasteiger partial charge is 0.262 e. The van der Waals surface area contributed by atoms with Crippen LogP contribution in [0.5, 0.6) is 5.75 Å². The molecule has 0 fully saturated rings. The molecule has 0 atom stereocenters. The van der Waals surface area contributed by atoms with E-state index in [1.54, 1.807) is 53.4 Å². The third-order valence-electron chi connectivity index (χ3n) is 5.03. The number of amides is 1. The van der Waals surface area contributed by atoms with Gasteiger partial charge in [0.2, 0.25) is 0 Å². The maximum absolute atomic E-state index is 14.4. The Bertz CT molecular complexity index is 1410. The van der Waals surface area contributed by atoms with Crippen molar-refractivity contribution in [3.05, 3.63) is 102 Å². The number of ether oxygens (including phenoxy) is 1. The summed E-state index contributed by atoms with van der Waals surface area (Å²) in [6, 6.07) is 16.8. The van der Waals surface area contributed by atoms with Crippen LogP contribution in [-0.4, -0.2) is 31.0 Å². The van der Waals surface area contributed by atoms with E-state index in [-0.39, 0.29) is 17.0 Å². The van der Waals surface area contributed by atoms with Crippen molar-refractivity contribution in [1.82, 2.24) is 14.9 Å². The minimum atomic E-state index is -3.88. The van der Waals surface area contributed by atoms with Gasteiger partial charge in [0.25, 0.3) is 15.9 Å². The van der Waals surface area contributed by atoms with E-state index in [2.05, 4.69) is 15.0 Å². The van der Waals surface area contributed by atoms with E-state index in [0.717, 1.165) is 0 Å². The van der Waals surface area contributed by atoms with E-state index in [1.165, 1.54) is 43.8 Å². The van der Waals surface area contributed by atoms with E-state index in [9.17, 15) is 17.6 Å². The largest absolute Gasteiger partial charge is 0.495 e. The van der Waals surface area contributed by atoms with Crippen LogP contribution in [-0.2, 0) is 16.6 Å². The number of benzene rings is 3. The highest BCUT2D eigenvalue weighted by Gasteiger charge is 2.17. The first-order valence-corrected chi connectivity index (χ1v) is 11.7. The fraction of sp³-hybridized carbons (Fsp3) is 0.0833. The van der Waals surface area contributed by atoms with Gasteiger partial charge < -0.3 is 14.6 Å². The van der Waals surface area contributed by atoms with E-state index in [1.807, 2.05) is 0 Å². The van der Waals surface area contributed by atoms with Gasteiger partial charge >= 0.3 is 0 Å². The second-order valence-corrected chi connectivity index (χ2v) is 8.95. The molecule has 0 radical (unpaired) electrons. The average Bonchev–Trinajstić information content (AvgIpc) is 3.37.